The van der Waals surface area contributed by atoms with Gasteiger partial charge in [0.05, 0.1) is 0 Å². The summed E-state index contributed by atoms with van der Waals surface area (Å²) in [4.78, 5) is 5.48. The minimum Gasteiger partial charge on any atom is -0.330 e. The molecule has 0 spiro atoms. The third-order valence-electron chi connectivity index (χ3n) is 2.43. The van der Waals surface area contributed by atoms with Crippen LogP contribution >= 0.6 is 11.3 Å². The molecule has 15 heavy (non-hydrogen) atoms. The number of nitrogens with zero attached hydrogens (tertiary/aromatic N) is 1. The van der Waals surface area contributed by atoms with Crippen molar-refractivity contribution in [1.82, 2.24) is 4.98 Å². The summed E-state index contributed by atoms with van der Waals surface area (Å²) < 4.78 is 0. The summed E-state index contributed by atoms with van der Waals surface area (Å²) in [5.41, 5.74) is 7.05. The first-order chi connectivity index (χ1) is 7.40. The first kappa shape index (κ1) is 10.3. The van der Waals surface area contributed by atoms with E-state index in [0.717, 1.165) is 6.42 Å². The van der Waals surface area contributed by atoms with Crippen molar-refractivity contribution < 1.29 is 0 Å². The molecule has 1 atom stereocenters. The minimum absolute atomic E-state index is 0.425. The van der Waals surface area contributed by atoms with Crippen molar-refractivity contribution >= 4 is 11.3 Å². The van der Waals surface area contributed by atoms with E-state index in [2.05, 4.69) is 28.6 Å². The molecule has 1 unspecified atom stereocenters. The van der Waals surface area contributed by atoms with Crippen molar-refractivity contribution in [2.75, 3.05) is 6.54 Å². The number of nitrogens with two attached hydrogens (primary N) is 1. The fourth-order valence-electron chi connectivity index (χ4n) is 1.63. The van der Waals surface area contributed by atoms with E-state index in [1.54, 1.807) is 17.5 Å². The van der Waals surface area contributed by atoms with Crippen molar-refractivity contribution in [1.29, 1.82) is 0 Å². The van der Waals surface area contributed by atoms with Crippen LogP contribution in [0, 0.1) is 0 Å². The van der Waals surface area contributed by atoms with Gasteiger partial charge in [-0.25, -0.2) is 0 Å². The summed E-state index contributed by atoms with van der Waals surface area (Å²) in [5, 5.41) is 2.10. The van der Waals surface area contributed by atoms with Gasteiger partial charge in [0.1, 0.15) is 0 Å². The highest BCUT2D eigenvalue weighted by molar-refractivity contribution is 7.10. The normalized spacial score (nSPS) is 12.6. The van der Waals surface area contributed by atoms with Gasteiger partial charge >= 0.3 is 0 Å². The molecule has 0 aliphatic rings. The quantitative estimate of drug-likeness (QED) is 0.856. The summed E-state index contributed by atoms with van der Waals surface area (Å²) >= 11 is 1.77. The van der Waals surface area contributed by atoms with Crippen LogP contribution in [0.2, 0.25) is 0 Å². The lowest BCUT2D eigenvalue weighted by atomic mass is 9.99. The van der Waals surface area contributed by atoms with Crippen molar-refractivity contribution in [3.63, 3.8) is 0 Å². The van der Waals surface area contributed by atoms with Gasteiger partial charge in [-0.3, -0.25) is 4.98 Å². The van der Waals surface area contributed by atoms with Crippen LogP contribution < -0.4 is 5.73 Å². The standard InChI is InChI=1S/C12H14N2S/c13-8-11(12-4-2-6-15-12)7-10-3-1-5-14-9-10/h1-6,9,11H,7-8,13H2. The molecule has 0 saturated heterocycles. The lowest BCUT2D eigenvalue weighted by Crippen LogP contribution is -2.13. The molecule has 2 N–H and O–H groups in total. The molecular formula is C12H14N2S. The van der Waals surface area contributed by atoms with Crippen molar-refractivity contribution in [3.8, 4) is 0 Å². The fourth-order valence-corrected chi connectivity index (χ4v) is 2.47. The third kappa shape index (κ3) is 2.64. The Morgan fingerprint density at radius 3 is 2.87 bits per heavy atom. The summed E-state index contributed by atoms with van der Waals surface area (Å²) in [5.74, 6) is 0.425. The summed E-state index contributed by atoms with van der Waals surface area (Å²) in [6.45, 7) is 0.690. The molecule has 0 amide bonds. The first-order valence-corrected chi connectivity index (χ1v) is 5.90. The predicted molar refractivity (Wildman–Crippen MR) is 64.1 cm³/mol. The monoisotopic (exact) mass is 218 g/mol. The summed E-state index contributed by atoms with van der Waals surface area (Å²) in [6.07, 6.45) is 4.69. The highest BCUT2D eigenvalue weighted by Crippen LogP contribution is 2.23. The highest BCUT2D eigenvalue weighted by atomic mass is 32.1. The molecule has 2 rings (SSSR count). The first-order valence-electron chi connectivity index (χ1n) is 5.02. The molecular weight excluding hydrogens is 204 g/mol. The maximum Gasteiger partial charge on any atom is 0.0300 e. The lowest BCUT2D eigenvalue weighted by Gasteiger charge is -2.12. The van der Waals surface area contributed by atoms with E-state index in [1.165, 1.54) is 10.4 Å². The van der Waals surface area contributed by atoms with Crippen LogP contribution in [0.15, 0.2) is 42.0 Å². The second-order valence-corrected chi connectivity index (χ2v) is 4.49. The van der Waals surface area contributed by atoms with Crippen LogP contribution in [0.25, 0.3) is 0 Å². The Labute approximate surface area is 93.8 Å². The molecule has 2 aromatic heterocycles. The van der Waals surface area contributed by atoms with E-state index < -0.39 is 0 Å². The molecule has 3 heteroatoms. The van der Waals surface area contributed by atoms with E-state index in [0.29, 0.717) is 12.5 Å². The van der Waals surface area contributed by atoms with E-state index in [-0.39, 0.29) is 0 Å². The average molecular weight is 218 g/mol. The van der Waals surface area contributed by atoms with Gasteiger partial charge in [-0.1, -0.05) is 12.1 Å². The van der Waals surface area contributed by atoms with Gasteiger partial charge in [-0.2, -0.15) is 0 Å². The maximum atomic E-state index is 5.80. The number of rotatable bonds is 4. The SMILES string of the molecule is NCC(Cc1cccnc1)c1cccs1. The molecule has 0 bridgehead atoms. The second kappa shape index (κ2) is 5.05. The van der Waals surface area contributed by atoms with Crippen molar-refractivity contribution in [3.05, 3.63) is 52.5 Å². The number of aromatic nitrogens is 1. The maximum absolute atomic E-state index is 5.80. The molecule has 78 valence electrons. The van der Waals surface area contributed by atoms with Crippen LogP contribution in [0.4, 0.5) is 0 Å². The molecule has 0 saturated carbocycles. The van der Waals surface area contributed by atoms with Crippen LogP contribution in [0.3, 0.4) is 0 Å². The van der Waals surface area contributed by atoms with E-state index >= 15 is 0 Å². The van der Waals surface area contributed by atoms with Crippen LogP contribution in [-0.2, 0) is 6.42 Å². The molecule has 0 aromatic carbocycles. The molecule has 0 aliphatic heterocycles. The van der Waals surface area contributed by atoms with Crippen LogP contribution in [0.1, 0.15) is 16.4 Å². The van der Waals surface area contributed by atoms with E-state index in [9.17, 15) is 0 Å². The molecule has 2 heterocycles. The summed E-state index contributed by atoms with van der Waals surface area (Å²) in [6, 6.07) is 8.30. The smallest absolute Gasteiger partial charge is 0.0300 e. The summed E-state index contributed by atoms with van der Waals surface area (Å²) in [7, 11) is 0. The largest absolute Gasteiger partial charge is 0.330 e. The third-order valence-corrected chi connectivity index (χ3v) is 3.47. The Kier molecular flexibility index (Phi) is 3.48. The van der Waals surface area contributed by atoms with Gasteiger partial charge in [0, 0.05) is 29.7 Å². The van der Waals surface area contributed by atoms with Gasteiger partial charge in [-0.15, -0.1) is 11.3 Å². The van der Waals surface area contributed by atoms with Crippen molar-refractivity contribution in [2.24, 2.45) is 5.73 Å². The van der Waals surface area contributed by atoms with E-state index in [4.69, 9.17) is 5.73 Å². The van der Waals surface area contributed by atoms with Gasteiger partial charge in [0.15, 0.2) is 0 Å². The topological polar surface area (TPSA) is 38.9 Å². The Morgan fingerprint density at radius 1 is 1.33 bits per heavy atom. The Hall–Kier alpha value is -1.19. The number of pyridine rings is 1. The zero-order chi connectivity index (χ0) is 10.5. The minimum atomic E-state index is 0.425. The Morgan fingerprint density at radius 2 is 2.27 bits per heavy atom. The Balaban J connectivity index is 2.10. The van der Waals surface area contributed by atoms with E-state index in [1.807, 2.05) is 12.3 Å². The number of thiophene rings is 1. The molecule has 2 nitrogen and oxygen atoms in total. The molecule has 0 fully saturated rings. The Bertz CT molecular complexity index is 383. The number of hydrogen-bond acceptors (Lipinski definition) is 3. The molecule has 0 radical (unpaired) electrons. The van der Waals surface area contributed by atoms with Crippen molar-refractivity contribution in [2.45, 2.75) is 12.3 Å². The van der Waals surface area contributed by atoms with Gasteiger partial charge in [0.2, 0.25) is 0 Å². The molecule has 2 aromatic rings. The zero-order valence-corrected chi connectivity index (χ0v) is 9.28. The lowest BCUT2D eigenvalue weighted by molar-refractivity contribution is 0.705. The highest BCUT2D eigenvalue weighted by Gasteiger charge is 2.11. The van der Waals surface area contributed by atoms with Crippen LogP contribution in [0.5, 0.6) is 0 Å². The van der Waals surface area contributed by atoms with Gasteiger partial charge in [-0.05, 0) is 29.5 Å². The van der Waals surface area contributed by atoms with Gasteiger partial charge < -0.3 is 5.73 Å². The number of hydrogen-bond donors (Lipinski definition) is 1. The second-order valence-electron chi connectivity index (χ2n) is 3.51. The predicted octanol–water partition coefficient (Wildman–Crippen LogP) is 2.43. The van der Waals surface area contributed by atoms with Gasteiger partial charge in [0.25, 0.3) is 0 Å². The van der Waals surface area contributed by atoms with Crippen LogP contribution in [-0.4, -0.2) is 11.5 Å². The molecule has 0 aliphatic carbocycles. The average Bonchev–Trinajstić information content (AvgIpc) is 2.81. The fraction of sp³-hybridized carbons (Fsp3) is 0.250. The zero-order valence-electron chi connectivity index (χ0n) is 8.47.